The predicted octanol–water partition coefficient (Wildman–Crippen LogP) is 8.01. The molecule has 1 aliphatic carbocycles. The van der Waals surface area contributed by atoms with E-state index in [0.29, 0.717) is 17.8 Å². The van der Waals surface area contributed by atoms with Crippen molar-refractivity contribution in [3.8, 4) is 0 Å². The molecular weight excluding hydrogens is 429 g/mol. The van der Waals surface area contributed by atoms with Crippen molar-refractivity contribution in [2.24, 2.45) is 10.9 Å². The molecule has 0 radical (unpaired) electrons. The monoisotopic (exact) mass is 472 g/mol. The number of carbonyl (C=O) groups excluding carboxylic acids is 1. The van der Waals surface area contributed by atoms with Gasteiger partial charge in [0.2, 0.25) is 0 Å². The highest BCUT2D eigenvalue weighted by molar-refractivity contribution is 5.84. The van der Waals surface area contributed by atoms with E-state index in [9.17, 15) is 23.1 Å². The lowest BCUT2D eigenvalue weighted by molar-refractivity contribution is -0.141. The highest BCUT2D eigenvalue weighted by Crippen LogP contribution is 2.30. The summed E-state index contributed by atoms with van der Waals surface area (Å²) in [5.41, 5.74) is 0.0376. The van der Waals surface area contributed by atoms with Crippen LogP contribution in [0.25, 0.3) is 0 Å². The van der Waals surface area contributed by atoms with Crippen molar-refractivity contribution in [1.82, 2.24) is 4.98 Å². The van der Waals surface area contributed by atoms with Crippen LogP contribution in [-0.4, -0.2) is 27.2 Å². The first-order chi connectivity index (χ1) is 15.2. The van der Waals surface area contributed by atoms with Gasteiger partial charge in [-0.05, 0) is 65.0 Å². The molecule has 1 aliphatic rings. The Kier molecular flexibility index (Phi) is 14.4. The summed E-state index contributed by atoms with van der Waals surface area (Å²) in [7, 11) is 0. The number of aliphatic imine (C=N–C) groups is 1. The predicted molar refractivity (Wildman–Crippen MR) is 130 cm³/mol. The number of aryl methyl sites for hydroxylation is 1. The van der Waals surface area contributed by atoms with E-state index in [2.05, 4.69) is 23.8 Å². The topological polar surface area (TPSA) is 62.5 Å². The minimum Gasteiger partial charge on any atom is -0.390 e. The summed E-state index contributed by atoms with van der Waals surface area (Å²) in [5, 5.41) is 9.19. The molecule has 0 amide bonds. The molecule has 0 unspecified atom stereocenters. The fourth-order valence-electron chi connectivity index (χ4n) is 2.99. The van der Waals surface area contributed by atoms with Gasteiger partial charge < -0.3 is 5.11 Å². The van der Waals surface area contributed by atoms with Crippen LogP contribution in [0.3, 0.4) is 0 Å². The Morgan fingerprint density at radius 1 is 1.15 bits per heavy atom. The summed E-state index contributed by atoms with van der Waals surface area (Å²) in [5.74, 6) is 1.21. The third-order valence-corrected chi connectivity index (χ3v) is 5.10. The van der Waals surface area contributed by atoms with E-state index in [-0.39, 0.29) is 12.2 Å². The molecule has 0 spiro atoms. The molecule has 7 heteroatoms. The fraction of sp³-hybridized carbons (Fsp3) is 0.731. The SMILES string of the molecule is CC1CCC1.CCCC(=O)CC(C)(C)O.CCCCC(C)=Nc1ccc(C(F)(F)F)nc1C. The number of nitrogens with zero attached hydrogens (tertiary/aromatic N) is 2. The zero-order valence-electron chi connectivity index (χ0n) is 21.5. The number of Topliss-reactive ketones (excluding diaryl/α,β-unsaturated/α-hetero) is 1. The third-order valence-electron chi connectivity index (χ3n) is 5.10. The number of hydrogen-bond acceptors (Lipinski definition) is 4. The van der Waals surface area contributed by atoms with E-state index in [0.717, 1.165) is 43.4 Å². The summed E-state index contributed by atoms with van der Waals surface area (Å²) in [6.45, 7) is 13.1. The minimum absolute atomic E-state index is 0.148. The number of unbranched alkanes of at least 4 members (excludes halogenated alkanes) is 1. The molecule has 190 valence electrons. The highest BCUT2D eigenvalue weighted by Gasteiger charge is 2.32. The first kappa shape index (κ1) is 31.2. The number of aliphatic hydroxyl groups is 1. The number of ketones is 1. The summed E-state index contributed by atoms with van der Waals surface area (Å²) >= 11 is 0. The lowest BCUT2D eigenvalue weighted by Crippen LogP contribution is -2.22. The lowest BCUT2D eigenvalue weighted by Gasteiger charge is -2.18. The molecule has 0 aromatic carbocycles. The normalized spacial score (nSPS) is 14.5. The van der Waals surface area contributed by atoms with Crippen molar-refractivity contribution < 1.29 is 23.1 Å². The molecule has 0 atom stereocenters. The third kappa shape index (κ3) is 15.7. The van der Waals surface area contributed by atoms with E-state index in [4.69, 9.17) is 0 Å². The second-order valence-electron chi connectivity index (χ2n) is 9.56. The zero-order valence-corrected chi connectivity index (χ0v) is 21.5. The number of carbonyl (C=O) groups is 1. The van der Waals surface area contributed by atoms with Gasteiger partial charge in [0.1, 0.15) is 11.5 Å². The molecule has 2 rings (SSSR count). The van der Waals surface area contributed by atoms with Crippen LogP contribution in [0, 0.1) is 12.8 Å². The number of alkyl halides is 3. The Morgan fingerprint density at radius 2 is 1.73 bits per heavy atom. The molecule has 4 nitrogen and oxygen atoms in total. The summed E-state index contributed by atoms with van der Waals surface area (Å²) < 4.78 is 37.3. The molecule has 1 aromatic heterocycles. The van der Waals surface area contributed by atoms with Gasteiger partial charge in [-0.25, -0.2) is 4.98 Å². The quantitative estimate of drug-likeness (QED) is 0.390. The van der Waals surface area contributed by atoms with Gasteiger partial charge in [0, 0.05) is 18.6 Å². The smallest absolute Gasteiger partial charge is 0.390 e. The number of aromatic nitrogens is 1. The van der Waals surface area contributed by atoms with Crippen molar-refractivity contribution in [2.75, 3.05) is 0 Å². The first-order valence-corrected chi connectivity index (χ1v) is 12.0. The number of rotatable bonds is 8. The summed E-state index contributed by atoms with van der Waals surface area (Å²) in [6, 6.07) is 2.35. The van der Waals surface area contributed by atoms with Crippen LogP contribution >= 0.6 is 0 Å². The molecule has 1 saturated carbocycles. The number of halogens is 3. The minimum atomic E-state index is -4.40. The van der Waals surface area contributed by atoms with Crippen LogP contribution in [0.1, 0.15) is 111 Å². The summed E-state index contributed by atoms with van der Waals surface area (Å²) in [4.78, 5) is 18.8. The van der Waals surface area contributed by atoms with Crippen LogP contribution in [0.5, 0.6) is 0 Å². The zero-order chi connectivity index (χ0) is 25.7. The van der Waals surface area contributed by atoms with Crippen molar-refractivity contribution in [3.63, 3.8) is 0 Å². The molecule has 33 heavy (non-hydrogen) atoms. The van der Waals surface area contributed by atoms with Crippen LogP contribution < -0.4 is 0 Å². The van der Waals surface area contributed by atoms with Crippen molar-refractivity contribution in [2.45, 2.75) is 118 Å². The van der Waals surface area contributed by atoms with Gasteiger partial charge >= 0.3 is 6.18 Å². The molecule has 0 saturated heterocycles. The first-order valence-electron chi connectivity index (χ1n) is 12.0. The summed E-state index contributed by atoms with van der Waals surface area (Å²) in [6.07, 6.45) is 4.75. The Labute approximate surface area is 198 Å². The molecule has 1 fully saturated rings. The van der Waals surface area contributed by atoms with E-state index < -0.39 is 17.5 Å². The van der Waals surface area contributed by atoms with Gasteiger partial charge in [0.05, 0.1) is 17.0 Å². The van der Waals surface area contributed by atoms with Crippen molar-refractivity contribution in [3.05, 3.63) is 23.5 Å². The average molecular weight is 473 g/mol. The standard InChI is InChI=1S/C13H17F3N2.C8H16O2.C5H10/c1-4-5-6-9(2)17-11-7-8-12(13(14,15)16)18-10(11)3;1-4-5-7(9)6-8(2,3)10;1-5-3-2-4-5/h7-8H,4-6H2,1-3H3;10H,4-6H2,1-3H3;5H,2-4H2,1H3. The van der Waals surface area contributed by atoms with Crippen LogP contribution in [0.15, 0.2) is 17.1 Å². The van der Waals surface area contributed by atoms with Gasteiger partial charge in [0.15, 0.2) is 0 Å². The molecule has 1 heterocycles. The Morgan fingerprint density at radius 3 is 2.09 bits per heavy atom. The van der Waals surface area contributed by atoms with Crippen LogP contribution in [0.2, 0.25) is 0 Å². The molecule has 0 bridgehead atoms. The number of pyridine rings is 1. The fourth-order valence-corrected chi connectivity index (χ4v) is 2.99. The lowest BCUT2D eigenvalue weighted by atomic mass is 9.88. The van der Waals surface area contributed by atoms with E-state index >= 15 is 0 Å². The van der Waals surface area contributed by atoms with Gasteiger partial charge in [-0.3, -0.25) is 9.79 Å². The van der Waals surface area contributed by atoms with Crippen molar-refractivity contribution >= 4 is 17.2 Å². The van der Waals surface area contributed by atoms with Crippen LogP contribution in [-0.2, 0) is 11.0 Å². The van der Waals surface area contributed by atoms with Gasteiger partial charge in [-0.15, -0.1) is 0 Å². The van der Waals surface area contributed by atoms with Crippen molar-refractivity contribution in [1.29, 1.82) is 0 Å². The molecule has 0 aliphatic heterocycles. The van der Waals surface area contributed by atoms with Gasteiger partial charge in [-0.2, -0.15) is 13.2 Å². The molecule has 1 N–H and O–H groups in total. The highest BCUT2D eigenvalue weighted by atomic mass is 19.4. The van der Waals surface area contributed by atoms with E-state index in [1.165, 1.54) is 25.3 Å². The number of hydrogen-bond donors (Lipinski definition) is 1. The maximum atomic E-state index is 12.4. The molecular formula is C26H43F3N2O2. The van der Waals surface area contributed by atoms with Gasteiger partial charge in [-0.1, -0.05) is 46.5 Å². The Balaban J connectivity index is 0.000000566. The average Bonchev–Trinajstić information content (AvgIpc) is 2.65. The van der Waals surface area contributed by atoms with E-state index in [1.54, 1.807) is 20.8 Å². The Hall–Kier alpha value is -1.76. The van der Waals surface area contributed by atoms with Crippen LogP contribution in [0.4, 0.5) is 18.9 Å². The maximum Gasteiger partial charge on any atom is 0.433 e. The largest absolute Gasteiger partial charge is 0.433 e. The van der Waals surface area contributed by atoms with E-state index in [1.807, 2.05) is 13.8 Å². The molecule has 1 aromatic rings. The second-order valence-corrected chi connectivity index (χ2v) is 9.56. The maximum absolute atomic E-state index is 12.4. The van der Waals surface area contributed by atoms with Gasteiger partial charge in [0.25, 0.3) is 0 Å². The second kappa shape index (κ2) is 15.2. The Bertz CT molecular complexity index is 734.